The summed E-state index contributed by atoms with van der Waals surface area (Å²) in [6.07, 6.45) is 29.3. The Morgan fingerprint density at radius 3 is 1.50 bits per heavy atom. The van der Waals surface area contributed by atoms with Crippen LogP contribution in [0.1, 0.15) is 134 Å². The number of aryl methyl sites for hydroxylation is 1. The van der Waals surface area contributed by atoms with Crippen molar-refractivity contribution in [2.75, 3.05) is 0 Å². The van der Waals surface area contributed by atoms with Crippen LogP contribution in [0.5, 0.6) is 0 Å². The molecule has 2 aromatic carbocycles. The Morgan fingerprint density at radius 2 is 0.976 bits per heavy atom. The van der Waals surface area contributed by atoms with Crippen LogP contribution < -0.4 is 10.7 Å². The predicted octanol–water partition coefficient (Wildman–Crippen LogP) is 11.5. The quantitative estimate of drug-likeness (QED) is 0.238. The van der Waals surface area contributed by atoms with E-state index in [1.54, 1.807) is 16.5 Å². The van der Waals surface area contributed by atoms with Crippen molar-refractivity contribution in [2.24, 2.45) is 0 Å². The summed E-state index contributed by atoms with van der Waals surface area (Å²) in [5, 5.41) is 4.88. The average Bonchev–Trinajstić information content (AvgIpc) is 3.43. The van der Waals surface area contributed by atoms with Crippen LogP contribution in [0.4, 0.5) is 0 Å². The van der Waals surface area contributed by atoms with Gasteiger partial charge in [0.2, 0.25) is 0 Å². The fourth-order valence-electron chi connectivity index (χ4n) is 9.51. The summed E-state index contributed by atoms with van der Waals surface area (Å²) in [5.74, 6) is 0. The van der Waals surface area contributed by atoms with Gasteiger partial charge in [0.05, 0.1) is 5.69 Å². The fourth-order valence-corrected chi connectivity index (χ4v) is 17.5. The smallest absolute Gasteiger partial charge is 0.0542 e. The molecule has 0 saturated heterocycles. The van der Waals surface area contributed by atoms with Gasteiger partial charge in [-0.05, 0) is 110 Å². The second-order valence-electron chi connectivity index (χ2n) is 14.3. The molecule has 4 aliphatic carbocycles. The van der Waals surface area contributed by atoms with E-state index in [1.807, 2.05) is 5.30 Å². The lowest BCUT2D eigenvalue weighted by molar-refractivity contribution is 0.486. The molecule has 1 heterocycles. The lowest BCUT2D eigenvalue weighted by Crippen LogP contribution is -2.33. The zero-order valence-corrected chi connectivity index (χ0v) is 28.2. The Hall–Kier alpha value is -1.16. The van der Waals surface area contributed by atoms with Gasteiger partial charge in [0.25, 0.3) is 0 Å². The highest BCUT2D eigenvalue weighted by atomic mass is 31.1. The lowest BCUT2D eigenvalue weighted by Gasteiger charge is -2.41. The monoisotopic (exact) mass is 599 g/mol. The highest BCUT2D eigenvalue weighted by molar-refractivity contribution is 7.68. The van der Waals surface area contributed by atoms with Crippen molar-refractivity contribution in [1.29, 1.82) is 0 Å². The van der Waals surface area contributed by atoms with E-state index >= 15 is 0 Å². The first kappa shape index (κ1) is 29.5. The maximum atomic E-state index is 2.89. The largest absolute Gasteiger partial charge is 0.314 e. The second-order valence-corrected chi connectivity index (χ2v) is 19.8. The molecule has 3 aromatic rings. The van der Waals surface area contributed by atoms with Gasteiger partial charge in [-0.1, -0.05) is 123 Å². The van der Waals surface area contributed by atoms with E-state index in [4.69, 9.17) is 0 Å². The van der Waals surface area contributed by atoms with Crippen LogP contribution in [0, 0.1) is 6.92 Å². The van der Waals surface area contributed by atoms with E-state index in [-0.39, 0.29) is 15.8 Å². The van der Waals surface area contributed by atoms with Crippen molar-refractivity contribution in [3.8, 4) is 5.69 Å². The molecule has 0 atom stereocenters. The summed E-state index contributed by atoms with van der Waals surface area (Å²) < 4.78 is 2.89. The summed E-state index contributed by atoms with van der Waals surface area (Å²) >= 11 is 0. The molecule has 226 valence electrons. The minimum atomic E-state index is -0.204. The number of fused-ring (bicyclic) bond motifs is 1. The standard InChI is InChI=1S/C39H55NP2/c1-30-26-29-38(41(32-17-6-2-7-18-32)33-19-8-3-9-20-33)40(30)37-28-27-31-16-14-15-25-36(31)39(37)42(34-21-10-4-11-22-34)35-23-12-5-13-24-35/h14-16,25-29,32-35H,2-13,17-24H2,1H3. The van der Waals surface area contributed by atoms with E-state index in [2.05, 4.69) is 60.0 Å². The van der Waals surface area contributed by atoms with Crippen molar-refractivity contribution in [3.05, 3.63) is 54.2 Å². The molecule has 0 radical (unpaired) electrons. The van der Waals surface area contributed by atoms with E-state index in [0.717, 1.165) is 22.6 Å². The summed E-state index contributed by atoms with van der Waals surface area (Å²) in [4.78, 5) is 0. The van der Waals surface area contributed by atoms with Gasteiger partial charge in [0, 0.05) is 16.4 Å². The summed E-state index contributed by atoms with van der Waals surface area (Å²) in [7, 11) is -0.353. The molecule has 0 aliphatic heterocycles. The zero-order chi connectivity index (χ0) is 28.3. The Kier molecular flexibility index (Phi) is 9.75. The van der Waals surface area contributed by atoms with Crippen molar-refractivity contribution in [3.63, 3.8) is 0 Å². The van der Waals surface area contributed by atoms with Crippen molar-refractivity contribution in [2.45, 2.75) is 158 Å². The molecule has 0 amide bonds. The number of hydrogen-bond donors (Lipinski definition) is 0. The van der Waals surface area contributed by atoms with Crippen LogP contribution in [0.3, 0.4) is 0 Å². The third kappa shape index (κ3) is 6.05. The maximum Gasteiger partial charge on any atom is 0.0542 e. The topological polar surface area (TPSA) is 4.93 Å². The van der Waals surface area contributed by atoms with E-state index in [1.165, 1.54) is 139 Å². The third-order valence-corrected chi connectivity index (χ3v) is 18.6. The predicted molar refractivity (Wildman–Crippen MR) is 189 cm³/mol. The van der Waals surface area contributed by atoms with Gasteiger partial charge in [-0.25, -0.2) is 0 Å². The number of aromatic nitrogens is 1. The first-order valence-corrected chi connectivity index (χ1v) is 21.0. The van der Waals surface area contributed by atoms with E-state index < -0.39 is 0 Å². The van der Waals surface area contributed by atoms with Crippen LogP contribution in [-0.4, -0.2) is 27.2 Å². The van der Waals surface area contributed by atoms with E-state index in [0.29, 0.717) is 0 Å². The van der Waals surface area contributed by atoms with Gasteiger partial charge < -0.3 is 4.57 Å². The average molecular weight is 600 g/mol. The highest BCUT2D eigenvalue weighted by Crippen LogP contribution is 2.58. The molecule has 42 heavy (non-hydrogen) atoms. The molecular weight excluding hydrogens is 544 g/mol. The molecule has 1 aromatic heterocycles. The molecule has 4 aliphatic rings. The van der Waals surface area contributed by atoms with Gasteiger partial charge in [-0.2, -0.15) is 0 Å². The van der Waals surface area contributed by atoms with Crippen molar-refractivity contribution in [1.82, 2.24) is 4.57 Å². The lowest BCUT2D eigenvalue weighted by atomic mass is 9.99. The normalized spacial score (nSPS) is 22.5. The fraction of sp³-hybridized carbons (Fsp3) is 0.641. The molecule has 0 spiro atoms. The molecule has 4 fully saturated rings. The zero-order valence-electron chi connectivity index (χ0n) is 26.4. The molecule has 3 heteroatoms. The molecule has 0 N–H and O–H groups in total. The SMILES string of the molecule is Cc1ccc(P(C2CCCCC2)C2CCCCC2)n1-c1ccc2ccccc2c1P(C1CCCCC1)C1CCCCC1. The number of hydrogen-bond acceptors (Lipinski definition) is 0. The molecule has 0 bridgehead atoms. The summed E-state index contributed by atoms with van der Waals surface area (Å²) in [6.45, 7) is 2.43. The summed E-state index contributed by atoms with van der Waals surface area (Å²) in [5.41, 5.74) is 8.55. The molecular formula is C39H55NP2. The Labute approximate surface area is 259 Å². The Balaban J connectivity index is 1.41. The highest BCUT2D eigenvalue weighted by Gasteiger charge is 2.38. The Bertz CT molecular complexity index is 1270. The van der Waals surface area contributed by atoms with Crippen LogP contribution in [0.25, 0.3) is 16.5 Å². The van der Waals surface area contributed by atoms with E-state index in [9.17, 15) is 0 Å². The van der Waals surface area contributed by atoms with Crippen molar-refractivity contribution >= 4 is 37.4 Å². The van der Waals surface area contributed by atoms with Gasteiger partial charge in [-0.15, -0.1) is 0 Å². The van der Waals surface area contributed by atoms with Crippen LogP contribution in [-0.2, 0) is 0 Å². The van der Waals surface area contributed by atoms with Gasteiger partial charge in [0.15, 0.2) is 0 Å². The Morgan fingerprint density at radius 1 is 0.500 bits per heavy atom. The van der Waals surface area contributed by atoms with Gasteiger partial charge in [-0.3, -0.25) is 0 Å². The first-order valence-electron chi connectivity index (χ1n) is 18.1. The maximum absolute atomic E-state index is 2.89. The number of nitrogens with zero attached hydrogens (tertiary/aromatic N) is 1. The van der Waals surface area contributed by atoms with Gasteiger partial charge >= 0.3 is 0 Å². The number of rotatable bonds is 7. The molecule has 4 saturated carbocycles. The molecule has 7 rings (SSSR count). The molecule has 0 unspecified atom stereocenters. The first-order chi connectivity index (χ1) is 20.8. The minimum absolute atomic E-state index is 0.149. The molecule has 1 nitrogen and oxygen atoms in total. The second kappa shape index (κ2) is 13.9. The van der Waals surface area contributed by atoms with Crippen LogP contribution >= 0.6 is 15.8 Å². The van der Waals surface area contributed by atoms with Crippen LogP contribution in [0.2, 0.25) is 0 Å². The van der Waals surface area contributed by atoms with Gasteiger partial charge in [0.1, 0.15) is 0 Å². The minimum Gasteiger partial charge on any atom is -0.314 e. The van der Waals surface area contributed by atoms with Crippen molar-refractivity contribution < 1.29 is 0 Å². The summed E-state index contributed by atoms with van der Waals surface area (Å²) in [6, 6.07) is 19.8. The van der Waals surface area contributed by atoms with Crippen LogP contribution in [0.15, 0.2) is 48.5 Å². The number of benzene rings is 2. The third-order valence-electron chi connectivity index (χ3n) is 11.6.